The minimum absolute atomic E-state index is 0.0364. The number of benzene rings is 1. The van der Waals surface area contributed by atoms with Gasteiger partial charge in [0.15, 0.2) is 0 Å². The van der Waals surface area contributed by atoms with E-state index in [2.05, 4.69) is 5.32 Å². The number of halogens is 2. The molecule has 0 spiro atoms. The summed E-state index contributed by atoms with van der Waals surface area (Å²) in [7, 11) is 0. The van der Waals surface area contributed by atoms with E-state index in [0.29, 0.717) is 29.6 Å². The van der Waals surface area contributed by atoms with Crippen molar-refractivity contribution in [1.29, 1.82) is 0 Å². The molecule has 1 amide bonds. The average molecular weight is 289 g/mol. The number of hydrogen-bond donors (Lipinski definition) is 2. The molecular formula is C13H18Cl2N2O. The molecule has 0 aliphatic rings. The Balaban J connectivity index is 2.73. The van der Waals surface area contributed by atoms with Gasteiger partial charge in [0.05, 0.1) is 10.0 Å². The van der Waals surface area contributed by atoms with E-state index in [0.717, 1.165) is 5.56 Å². The lowest BCUT2D eigenvalue weighted by Gasteiger charge is -2.26. The van der Waals surface area contributed by atoms with Crippen LogP contribution >= 0.6 is 23.2 Å². The summed E-state index contributed by atoms with van der Waals surface area (Å²) in [6, 6.07) is 5.52. The largest absolute Gasteiger partial charge is 0.355 e. The first kappa shape index (κ1) is 15.3. The van der Waals surface area contributed by atoms with Crippen LogP contribution < -0.4 is 11.1 Å². The predicted octanol–water partition coefficient (Wildman–Crippen LogP) is 2.74. The third-order valence-corrected chi connectivity index (χ3v) is 3.54. The zero-order valence-electron chi connectivity index (χ0n) is 10.6. The molecule has 3 N–H and O–H groups in total. The smallest absolute Gasteiger partial charge is 0.221 e. The van der Waals surface area contributed by atoms with Crippen molar-refractivity contribution in [2.75, 3.05) is 13.1 Å². The van der Waals surface area contributed by atoms with Gasteiger partial charge in [0.1, 0.15) is 0 Å². The van der Waals surface area contributed by atoms with Crippen molar-refractivity contribution in [3.05, 3.63) is 33.8 Å². The van der Waals surface area contributed by atoms with Crippen molar-refractivity contribution in [1.82, 2.24) is 5.32 Å². The van der Waals surface area contributed by atoms with Gasteiger partial charge in [0.2, 0.25) is 5.91 Å². The van der Waals surface area contributed by atoms with Gasteiger partial charge in [0, 0.05) is 24.9 Å². The quantitative estimate of drug-likeness (QED) is 0.875. The number of nitrogens with two attached hydrogens (primary N) is 1. The van der Waals surface area contributed by atoms with Crippen LogP contribution in [0, 0.1) is 0 Å². The molecule has 0 atom stereocenters. The summed E-state index contributed by atoms with van der Waals surface area (Å²) in [5.41, 5.74) is 6.15. The van der Waals surface area contributed by atoms with E-state index in [1.165, 1.54) is 0 Å². The topological polar surface area (TPSA) is 55.1 Å². The molecule has 1 rings (SSSR count). The molecular weight excluding hydrogens is 271 g/mol. The molecule has 100 valence electrons. The van der Waals surface area contributed by atoms with Gasteiger partial charge in [-0.3, -0.25) is 4.79 Å². The molecule has 1 aromatic carbocycles. The van der Waals surface area contributed by atoms with E-state index in [1.54, 1.807) is 6.07 Å². The number of nitrogens with one attached hydrogen (secondary N) is 1. The van der Waals surface area contributed by atoms with Crippen LogP contribution in [0.3, 0.4) is 0 Å². The summed E-state index contributed by atoms with van der Waals surface area (Å²) in [6.45, 7) is 4.97. The molecule has 3 nitrogen and oxygen atoms in total. The van der Waals surface area contributed by atoms with E-state index in [9.17, 15) is 4.79 Å². The molecule has 1 aromatic rings. The molecule has 0 fully saturated rings. The second kappa shape index (κ2) is 6.41. The highest BCUT2D eigenvalue weighted by molar-refractivity contribution is 6.42. The normalized spacial score (nSPS) is 11.4. The fraction of sp³-hybridized carbons (Fsp3) is 0.462. The van der Waals surface area contributed by atoms with E-state index in [-0.39, 0.29) is 11.3 Å². The lowest BCUT2D eigenvalue weighted by molar-refractivity contribution is -0.121. The van der Waals surface area contributed by atoms with Crippen LogP contribution in [0.4, 0.5) is 0 Å². The van der Waals surface area contributed by atoms with Gasteiger partial charge in [0.25, 0.3) is 0 Å². The highest BCUT2D eigenvalue weighted by Crippen LogP contribution is 2.29. The Labute approximate surface area is 118 Å². The molecule has 18 heavy (non-hydrogen) atoms. The van der Waals surface area contributed by atoms with Crippen molar-refractivity contribution in [3.63, 3.8) is 0 Å². The second-order valence-corrected chi connectivity index (χ2v) is 5.64. The van der Waals surface area contributed by atoms with Crippen LogP contribution in [-0.2, 0) is 10.2 Å². The van der Waals surface area contributed by atoms with Gasteiger partial charge in [-0.1, -0.05) is 43.1 Å². The Morgan fingerprint density at radius 2 is 2.00 bits per heavy atom. The Bertz CT molecular complexity index is 433. The van der Waals surface area contributed by atoms with Crippen LogP contribution in [0.25, 0.3) is 0 Å². The van der Waals surface area contributed by atoms with Gasteiger partial charge in [-0.2, -0.15) is 0 Å². The number of rotatable bonds is 5. The Morgan fingerprint density at radius 3 is 2.56 bits per heavy atom. The van der Waals surface area contributed by atoms with Crippen LogP contribution in [0.5, 0.6) is 0 Å². The molecule has 0 saturated heterocycles. The predicted molar refractivity (Wildman–Crippen MR) is 76.2 cm³/mol. The lowest BCUT2D eigenvalue weighted by atomic mass is 9.84. The first-order chi connectivity index (χ1) is 8.36. The minimum atomic E-state index is -0.210. The molecule has 0 aromatic heterocycles. The summed E-state index contributed by atoms with van der Waals surface area (Å²) in [5, 5.41) is 3.92. The third-order valence-electron chi connectivity index (χ3n) is 2.80. The Kier molecular flexibility index (Phi) is 5.45. The zero-order chi connectivity index (χ0) is 13.8. The summed E-state index contributed by atoms with van der Waals surface area (Å²) in [6.07, 6.45) is 0.345. The summed E-state index contributed by atoms with van der Waals surface area (Å²) in [4.78, 5) is 11.4. The molecule has 0 saturated carbocycles. The molecule has 0 heterocycles. The molecule has 0 radical (unpaired) electrons. The van der Waals surface area contributed by atoms with Crippen LogP contribution in [0.1, 0.15) is 25.8 Å². The molecule has 0 unspecified atom stereocenters. The number of carbonyl (C=O) groups is 1. The van der Waals surface area contributed by atoms with Crippen LogP contribution in [0.15, 0.2) is 18.2 Å². The fourth-order valence-corrected chi connectivity index (χ4v) is 1.86. The molecule has 0 bridgehead atoms. The van der Waals surface area contributed by atoms with Gasteiger partial charge >= 0.3 is 0 Å². The SMILES string of the molecule is CC(C)(CNC(=O)CCN)c1ccc(Cl)c(Cl)c1. The zero-order valence-corrected chi connectivity index (χ0v) is 12.1. The summed E-state index contributed by atoms with van der Waals surface area (Å²) in [5.74, 6) is -0.0364. The van der Waals surface area contributed by atoms with Gasteiger partial charge < -0.3 is 11.1 Å². The van der Waals surface area contributed by atoms with Crippen LogP contribution in [-0.4, -0.2) is 19.0 Å². The van der Waals surface area contributed by atoms with Crippen molar-refractivity contribution in [2.45, 2.75) is 25.7 Å². The average Bonchev–Trinajstić information content (AvgIpc) is 2.30. The van der Waals surface area contributed by atoms with Crippen molar-refractivity contribution < 1.29 is 4.79 Å². The van der Waals surface area contributed by atoms with E-state index in [1.807, 2.05) is 26.0 Å². The Hall–Kier alpha value is -0.770. The second-order valence-electron chi connectivity index (χ2n) is 4.83. The minimum Gasteiger partial charge on any atom is -0.355 e. The fourth-order valence-electron chi connectivity index (χ4n) is 1.56. The van der Waals surface area contributed by atoms with Gasteiger partial charge in [-0.05, 0) is 17.7 Å². The first-order valence-corrected chi connectivity index (χ1v) is 6.54. The summed E-state index contributed by atoms with van der Waals surface area (Å²) < 4.78 is 0. The van der Waals surface area contributed by atoms with E-state index < -0.39 is 0 Å². The summed E-state index contributed by atoms with van der Waals surface area (Å²) >= 11 is 11.9. The van der Waals surface area contributed by atoms with Crippen LogP contribution in [0.2, 0.25) is 10.0 Å². The van der Waals surface area contributed by atoms with Crippen molar-refractivity contribution in [2.24, 2.45) is 5.73 Å². The Morgan fingerprint density at radius 1 is 1.33 bits per heavy atom. The van der Waals surface area contributed by atoms with E-state index in [4.69, 9.17) is 28.9 Å². The van der Waals surface area contributed by atoms with E-state index >= 15 is 0 Å². The number of carbonyl (C=O) groups excluding carboxylic acids is 1. The third kappa shape index (κ3) is 4.16. The van der Waals surface area contributed by atoms with Crippen molar-refractivity contribution in [3.8, 4) is 0 Å². The maximum absolute atomic E-state index is 11.4. The lowest BCUT2D eigenvalue weighted by Crippen LogP contribution is -2.37. The monoisotopic (exact) mass is 288 g/mol. The maximum Gasteiger partial charge on any atom is 0.221 e. The first-order valence-electron chi connectivity index (χ1n) is 5.79. The highest BCUT2D eigenvalue weighted by atomic mass is 35.5. The molecule has 5 heteroatoms. The molecule has 0 aliphatic carbocycles. The van der Waals surface area contributed by atoms with Gasteiger partial charge in [-0.15, -0.1) is 0 Å². The molecule has 0 aliphatic heterocycles. The highest BCUT2D eigenvalue weighted by Gasteiger charge is 2.22. The number of amides is 1. The van der Waals surface area contributed by atoms with Crippen molar-refractivity contribution >= 4 is 29.1 Å². The number of hydrogen-bond acceptors (Lipinski definition) is 2. The maximum atomic E-state index is 11.4. The van der Waals surface area contributed by atoms with Gasteiger partial charge in [-0.25, -0.2) is 0 Å². The standard InChI is InChI=1S/C13H18Cl2N2O/c1-13(2,8-17-12(18)5-6-16)9-3-4-10(14)11(15)7-9/h3-4,7H,5-6,8,16H2,1-2H3,(H,17,18).